The molecule has 0 radical (unpaired) electrons. The van der Waals surface area contributed by atoms with Gasteiger partial charge in [0.2, 0.25) is 5.43 Å². The molecule has 0 spiro atoms. The van der Waals surface area contributed by atoms with Gasteiger partial charge in [-0.15, -0.1) is 0 Å². The van der Waals surface area contributed by atoms with E-state index in [-0.39, 0.29) is 23.1 Å². The van der Waals surface area contributed by atoms with Gasteiger partial charge in [-0.3, -0.25) is 19.7 Å². The predicted octanol–water partition coefficient (Wildman–Crippen LogP) is 2.32. The maximum Gasteiger partial charge on any atom is 0.294 e. The van der Waals surface area contributed by atoms with Gasteiger partial charge in [0.1, 0.15) is 5.69 Å². The lowest BCUT2D eigenvalue weighted by Crippen LogP contribution is -2.40. The number of para-hydroxylation sites is 2. The molecular weight excluding hydrogens is 336 g/mol. The van der Waals surface area contributed by atoms with Crippen molar-refractivity contribution in [2.45, 2.75) is 32.7 Å². The molecule has 1 aromatic carbocycles. The summed E-state index contributed by atoms with van der Waals surface area (Å²) < 4.78 is 1.28. The molecule has 1 aliphatic carbocycles. The van der Waals surface area contributed by atoms with Crippen LogP contribution in [-0.4, -0.2) is 38.6 Å². The molecule has 8 nitrogen and oxygen atoms in total. The second-order valence-electron chi connectivity index (χ2n) is 6.65. The predicted molar refractivity (Wildman–Crippen MR) is 95.5 cm³/mol. The number of nitro groups is 1. The molecule has 1 aromatic heterocycles. The minimum Gasteiger partial charge on any atom is -0.337 e. The third kappa shape index (κ3) is 3.22. The fraction of sp³-hybridized carbons (Fsp3) is 0.389. The van der Waals surface area contributed by atoms with Crippen LogP contribution in [0.15, 0.2) is 35.1 Å². The Morgan fingerprint density at radius 3 is 2.65 bits per heavy atom. The maximum atomic E-state index is 12.8. The molecule has 0 saturated heterocycles. The number of amides is 1. The van der Waals surface area contributed by atoms with E-state index < -0.39 is 16.3 Å². The number of hydrogen-bond acceptors (Lipinski definition) is 5. The third-order valence-corrected chi connectivity index (χ3v) is 4.85. The van der Waals surface area contributed by atoms with Crippen molar-refractivity contribution in [1.29, 1.82) is 0 Å². The van der Waals surface area contributed by atoms with E-state index >= 15 is 0 Å². The van der Waals surface area contributed by atoms with Gasteiger partial charge in [0.05, 0.1) is 4.92 Å². The average Bonchev–Trinajstić information content (AvgIpc) is 3.45. The Hall–Kier alpha value is -3.03. The molecular formula is C18H20N4O4. The topological polar surface area (TPSA) is 98.3 Å². The second-order valence-corrected chi connectivity index (χ2v) is 6.65. The molecule has 1 unspecified atom stereocenters. The standard InChI is InChI=1S/C18H20N4O4/c1-11-10-16(23)17(18(24)20(3)12(2)13-8-9-13)19-21(11)14-6-4-5-7-15(14)22(25)26/h4-7,10,12-13H,8-9H2,1-3H3. The number of aromatic nitrogens is 2. The zero-order valence-electron chi connectivity index (χ0n) is 14.9. The summed E-state index contributed by atoms with van der Waals surface area (Å²) in [4.78, 5) is 37.4. The SMILES string of the molecule is Cc1cc(=O)c(C(=O)N(C)C(C)C2CC2)nn1-c1ccccc1[N+](=O)[O-]. The van der Waals surface area contributed by atoms with Crippen molar-refractivity contribution in [2.24, 2.45) is 5.92 Å². The summed E-state index contributed by atoms with van der Waals surface area (Å²) >= 11 is 0. The number of benzene rings is 1. The highest BCUT2D eigenvalue weighted by molar-refractivity contribution is 5.92. The third-order valence-electron chi connectivity index (χ3n) is 4.85. The van der Waals surface area contributed by atoms with E-state index in [4.69, 9.17) is 0 Å². The Morgan fingerprint density at radius 1 is 1.38 bits per heavy atom. The minimum absolute atomic E-state index is 0.0181. The Bertz CT molecular complexity index is 933. The number of nitrogens with zero attached hydrogens (tertiary/aromatic N) is 4. The number of carbonyl (C=O) groups excluding carboxylic acids is 1. The van der Waals surface area contributed by atoms with Crippen LogP contribution >= 0.6 is 0 Å². The summed E-state index contributed by atoms with van der Waals surface area (Å²) in [5, 5.41) is 15.5. The highest BCUT2D eigenvalue weighted by Gasteiger charge is 2.34. The van der Waals surface area contributed by atoms with E-state index in [1.807, 2.05) is 6.92 Å². The van der Waals surface area contributed by atoms with Crippen molar-refractivity contribution in [2.75, 3.05) is 7.05 Å². The van der Waals surface area contributed by atoms with Crippen LogP contribution < -0.4 is 5.43 Å². The van der Waals surface area contributed by atoms with Crippen molar-refractivity contribution in [3.63, 3.8) is 0 Å². The zero-order chi connectivity index (χ0) is 19.0. The normalized spacial score (nSPS) is 14.7. The number of aryl methyl sites for hydroxylation is 1. The molecule has 1 heterocycles. The summed E-state index contributed by atoms with van der Waals surface area (Å²) in [6.45, 7) is 3.57. The molecule has 0 aliphatic heterocycles. The van der Waals surface area contributed by atoms with Gasteiger partial charge in [-0.2, -0.15) is 5.10 Å². The van der Waals surface area contributed by atoms with Gasteiger partial charge < -0.3 is 4.90 Å². The Kier molecular flexibility index (Phi) is 4.58. The van der Waals surface area contributed by atoms with Crippen molar-refractivity contribution in [1.82, 2.24) is 14.7 Å². The molecule has 2 aromatic rings. The van der Waals surface area contributed by atoms with Gasteiger partial charge in [0.15, 0.2) is 5.69 Å². The Balaban J connectivity index is 2.07. The highest BCUT2D eigenvalue weighted by atomic mass is 16.6. The molecule has 1 atom stereocenters. The van der Waals surface area contributed by atoms with Crippen molar-refractivity contribution >= 4 is 11.6 Å². The molecule has 0 bridgehead atoms. The van der Waals surface area contributed by atoms with Crippen LogP contribution in [0, 0.1) is 23.0 Å². The first kappa shape index (κ1) is 17.8. The van der Waals surface area contributed by atoms with Crippen LogP contribution in [-0.2, 0) is 0 Å². The Morgan fingerprint density at radius 2 is 2.04 bits per heavy atom. The van der Waals surface area contributed by atoms with E-state index in [0.717, 1.165) is 12.8 Å². The first-order valence-corrected chi connectivity index (χ1v) is 8.43. The number of hydrogen-bond donors (Lipinski definition) is 0. The largest absolute Gasteiger partial charge is 0.337 e. The van der Waals surface area contributed by atoms with Crippen LogP contribution in [0.2, 0.25) is 0 Å². The van der Waals surface area contributed by atoms with Crippen LogP contribution in [0.25, 0.3) is 5.69 Å². The van der Waals surface area contributed by atoms with Gasteiger partial charge in [-0.05, 0) is 38.7 Å². The maximum absolute atomic E-state index is 12.8. The molecule has 1 fully saturated rings. The molecule has 136 valence electrons. The Labute approximate surface area is 150 Å². The first-order valence-electron chi connectivity index (χ1n) is 8.43. The van der Waals surface area contributed by atoms with E-state index in [9.17, 15) is 19.7 Å². The fourth-order valence-electron chi connectivity index (χ4n) is 2.98. The highest BCUT2D eigenvalue weighted by Crippen LogP contribution is 2.34. The molecule has 1 aliphatic rings. The van der Waals surface area contributed by atoms with Gasteiger partial charge in [0, 0.05) is 30.9 Å². The summed E-state index contributed by atoms with van der Waals surface area (Å²) in [6.07, 6.45) is 2.14. The van der Waals surface area contributed by atoms with Gasteiger partial charge >= 0.3 is 0 Å². The average molecular weight is 356 g/mol. The number of nitro benzene ring substituents is 1. The first-order chi connectivity index (χ1) is 12.3. The monoisotopic (exact) mass is 356 g/mol. The van der Waals surface area contributed by atoms with Crippen molar-refractivity contribution in [3.8, 4) is 5.69 Å². The fourth-order valence-corrected chi connectivity index (χ4v) is 2.98. The lowest BCUT2D eigenvalue weighted by molar-refractivity contribution is -0.384. The number of rotatable bonds is 5. The summed E-state index contributed by atoms with van der Waals surface area (Å²) in [5.41, 5.74) is -0.244. The van der Waals surface area contributed by atoms with Gasteiger partial charge in [-0.1, -0.05) is 12.1 Å². The summed E-state index contributed by atoms with van der Waals surface area (Å²) in [7, 11) is 1.65. The van der Waals surface area contributed by atoms with Crippen molar-refractivity contribution < 1.29 is 9.72 Å². The van der Waals surface area contributed by atoms with Gasteiger partial charge in [0.25, 0.3) is 11.6 Å². The molecule has 26 heavy (non-hydrogen) atoms. The van der Waals surface area contributed by atoms with Crippen LogP contribution in [0.5, 0.6) is 0 Å². The summed E-state index contributed by atoms with van der Waals surface area (Å²) in [6, 6.07) is 7.39. The van der Waals surface area contributed by atoms with E-state index in [0.29, 0.717) is 11.6 Å². The zero-order valence-corrected chi connectivity index (χ0v) is 14.9. The quantitative estimate of drug-likeness (QED) is 0.605. The van der Waals surface area contributed by atoms with Crippen LogP contribution in [0.1, 0.15) is 35.9 Å². The molecule has 3 rings (SSSR count). The lowest BCUT2D eigenvalue weighted by atomic mass is 10.1. The molecule has 1 amide bonds. The van der Waals surface area contributed by atoms with Gasteiger partial charge in [-0.25, -0.2) is 4.68 Å². The minimum atomic E-state index is -0.517. The van der Waals surface area contributed by atoms with Crippen molar-refractivity contribution in [3.05, 3.63) is 62.1 Å². The lowest BCUT2D eigenvalue weighted by Gasteiger charge is -2.24. The van der Waals surface area contributed by atoms with E-state index in [1.165, 1.54) is 27.8 Å². The molecule has 8 heteroatoms. The summed E-state index contributed by atoms with van der Waals surface area (Å²) in [5.74, 6) is -0.0198. The van der Waals surface area contributed by atoms with Crippen LogP contribution in [0.4, 0.5) is 5.69 Å². The molecule has 0 N–H and O–H groups in total. The van der Waals surface area contributed by atoms with E-state index in [1.54, 1.807) is 26.1 Å². The molecule has 1 saturated carbocycles. The second kappa shape index (κ2) is 6.70. The van der Waals surface area contributed by atoms with E-state index in [2.05, 4.69) is 5.10 Å². The smallest absolute Gasteiger partial charge is 0.294 e. The van der Waals surface area contributed by atoms with Crippen LogP contribution in [0.3, 0.4) is 0 Å². The number of carbonyl (C=O) groups is 1.